The summed E-state index contributed by atoms with van der Waals surface area (Å²) in [6.07, 6.45) is 0.207. The smallest absolute Gasteiger partial charge is 0.170 e. The Kier molecular flexibility index (Phi) is 7.09. The van der Waals surface area contributed by atoms with Gasteiger partial charge in [0.15, 0.2) is 5.11 Å². The lowest BCUT2D eigenvalue weighted by atomic mass is 10.2. The van der Waals surface area contributed by atoms with Crippen molar-refractivity contribution in [2.45, 2.75) is 26.9 Å². The van der Waals surface area contributed by atoms with E-state index in [1.165, 1.54) is 6.54 Å². The minimum Gasteiger partial charge on any atom is -0.365 e. The van der Waals surface area contributed by atoms with Crippen LogP contribution < -0.4 is 15.5 Å². The molecule has 0 aliphatic carbocycles. The van der Waals surface area contributed by atoms with Gasteiger partial charge in [0, 0.05) is 23.2 Å². The molecule has 1 unspecified atom stereocenters. The molecule has 0 saturated carbocycles. The first kappa shape index (κ1) is 18.5. The molecule has 6 heteroatoms. The van der Waals surface area contributed by atoms with Crippen molar-refractivity contribution in [2.24, 2.45) is 5.92 Å². The Hall–Kier alpha value is -0.880. The average Bonchev–Trinajstić information content (AvgIpc) is 2.49. The molecule has 128 valence electrons. The van der Waals surface area contributed by atoms with E-state index in [1.807, 2.05) is 25.1 Å². The van der Waals surface area contributed by atoms with Gasteiger partial charge in [-0.25, -0.2) is 0 Å². The molecule has 2 rings (SSSR count). The quantitative estimate of drug-likeness (QED) is 0.704. The maximum Gasteiger partial charge on any atom is 0.170 e. The number of ether oxygens (including phenoxy) is 1. The van der Waals surface area contributed by atoms with Gasteiger partial charge in [-0.05, 0) is 36.8 Å². The molecule has 4 nitrogen and oxygen atoms in total. The van der Waals surface area contributed by atoms with E-state index in [0.717, 1.165) is 42.5 Å². The van der Waals surface area contributed by atoms with Crippen molar-refractivity contribution >= 4 is 34.6 Å². The van der Waals surface area contributed by atoms with Crippen LogP contribution in [0.5, 0.6) is 0 Å². The van der Waals surface area contributed by atoms with E-state index in [0.29, 0.717) is 11.0 Å². The highest BCUT2D eigenvalue weighted by Gasteiger charge is 2.24. The molecule has 0 aromatic heterocycles. The molecule has 1 aromatic rings. The minimum absolute atomic E-state index is 0.207. The van der Waals surface area contributed by atoms with Crippen LogP contribution in [0, 0.1) is 12.8 Å². The highest BCUT2D eigenvalue weighted by molar-refractivity contribution is 7.80. The van der Waals surface area contributed by atoms with Crippen molar-refractivity contribution in [3.63, 3.8) is 0 Å². The first-order valence-corrected chi connectivity index (χ1v) is 8.99. The van der Waals surface area contributed by atoms with Crippen molar-refractivity contribution in [2.75, 3.05) is 38.1 Å². The summed E-state index contributed by atoms with van der Waals surface area (Å²) in [4.78, 5) is 1.61. The zero-order valence-corrected chi connectivity index (χ0v) is 15.7. The van der Waals surface area contributed by atoms with Gasteiger partial charge in [0.1, 0.15) is 19.2 Å². The van der Waals surface area contributed by atoms with E-state index in [9.17, 15) is 0 Å². The number of nitrogens with one attached hydrogen (secondary N) is 3. The van der Waals surface area contributed by atoms with Crippen LogP contribution in [0.3, 0.4) is 0 Å². The first-order valence-electron chi connectivity index (χ1n) is 8.20. The molecule has 2 atom stereocenters. The van der Waals surface area contributed by atoms with Crippen LogP contribution >= 0.6 is 23.8 Å². The summed E-state index contributed by atoms with van der Waals surface area (Å²) in [5.74, 6) is 0.714. The van der Waals surface area contributed by atoms with Crippen LogP contribution in [0.1, 0.15) is 19.4 Å². The Balaban J connectivity index is 1.76. The van der Waals surface area contributed by atoms with Gasteiger partial charge in [-0.1, -0.05) is 31.5 Å². The molecule has 1 fully saturated rings. The molecule has 1 aliphatic heterocycles. The molecule has 1 heterocycles. The highest BCUT2D eigenvalue weighted by Crippen LogP contribution is 2.19. The fraction of sp³-hybridized carbons (Fsp3) is 0.588. The predicted molar refractivity (Wildman–Crippen MR) is 101 cm³/mol. The molecule has 1 aliphatic rings. The molecule has 23 heavy (non-hydrogen) atoms. The molecular formula is C17H27ClN3OS+. The molecule has 0 bridgehead atoms. The number of hydrogen-bond acceptors (Lipinski definition) is 2. The zero-order chi connectivity index (χ0) is 16.8. The van der Waals surface area contributed by atoms with Crippen molar-refractivity contribution in [1.29, 1.82) is 0 Å². The Bertz CT molecular complexity index is 539. The zero-order valence-electron chi connectivity index (χ0n) is 14.1. The second-order valence-electron chi connectivity index (χ2n) is 6.59. The van der Waals surface area contributed by atoms with Gasteiger partial charge in [0.25, 0.3) is 0 Å². The Morgan fingerprint density at radius 2 is 2.26 bits per heavy atom. The topological polar surface area (TPSA) is 37.7 Å². The fourth-order valence-electron chi connectivity index (χ4n) is 2.80. The van der Waals surface area contributed by atoms with Crippen LogP contribution in [0.4, 0.5) is 5.69 Å². The average molecular weight is 357 g/mol. The van der Waals surface area contributed by atoms with Gasteiger partial charge >= 0.3 is 0 Å². The van der Waals surface area contributed by atoms with Gasteiger partial charge in [-0.2, -0.15) is 0 Å². The monoisotopic (exact) mass is 356 g/mol. The number of quaternary nitrogens is 1. The maximum atomic E-state index is 6.13. The molecule has 1 saturated heterocycles. The fourth-order valence-corrected chi connectivity index (χ4v) is 3.18. The lowest BCUT2D eigenvalue weighted by molar-refractivity contribution is -0.914. The number of anilines is 1. The predicted octanol–water partition coefficient (Wildman–Crippen LogP) is 1.87. The third-order valence-electron chi connectivity index (χ3n) is 3.94. The van der Waals surface area contributed by atoms with Crippen LogP contribution in [-0.2, 0) is 4.74 Å². The van der Waals surface area contributed by atoms with E-state index in [2.05, 4.69) is 24.5 Å². The molecule has 0 radical (unpaired) electrons. The number of rotatable bonds is 5. The van der Waals surface area contributed by atoms with Gasteiger partial charge < -0.3 is 20.3 Å². The number of thiocarbonyl (C=S) groups is 1. The number of aryl methyl sites for hydroxylation is 1. The van der Waals surface area contributed by atoms with Gasteiger partial charge in [-0.15, -0.1) is 0 Å². The van der Waals surface area contributed by atoms with Gasteiger partial charge in [0.05, 0.1) is 13.2 Å². The summed E-state index contributed by atoms with van der Waals surface area (Å²) in [6, 6.07) is 5.84. The summed E-state index contributed by atoms with van der Waals surface area (Å²) < 4.78 is 5.83. The number of halogens is 1. The largest absolute Gasteiger partial charge is 0.365 e. The number of hydrogen-bond donors (Lipinski definition) is 3. The van der Waals surface area contributed by atoms with E-state index < -0.39 is 0 Å². The number of morpholine rings is 1. The van der Waals surface area contributed by atoms with Crippen molar-refractivity contribution in [1.82, 2.24) is 5.32 Å². The second kappa shape index (κ2) is 8.83. The van der Waals surface area contributed by atoms with Crippen molar-refractivity contribution < 1.29 is 9.64 Å². The summed E-state index contributed by atoms with van der Waals surface area (Å²) in [7, 11) is 0. The van der Waals surface area contributed by atoms with E-state index >= 15 is 0 Å². The number of benzene rings is 1. The van der Waals surface area contributed by atoms with E-state index in [-0.39, 0.29) is 6.10 Å². The van der Waals surface area contributed by atoms with Crippen LogP contribution in [0.25, 0.3) is 0 Å². The van der Waals surface area contributed by atoms with Crippen LogP contribution in [0.15, 0.2) is 18.2 Å². The molecular weight excluding hydrogens is 330 g/mol. The lowest BCUT2D eigenvalue weighted by Crippen LogP contribution is -3.15. The first-order chi connectivity index (χ1) is 10.9. The Morgan fingerprint density at radius 1 is 1.48 bits per heavy atom. The standard InChI is InChI=1S/C17H26ClN3OS/c1-12(2)10-21-6-7-22-15(11-21)9-19-17(23)20-14-5-4-13(3)16(18)8-14/h4-5,8,12,15H,6-7,9-11H2,1-3H3,(H2,19,20,23)/p+1/t15-/m1/s1. The summed E-state index contributed by atoms with van der Waals surface area (Å²) in [5.41, 5.74) is 1.95. The second-order valence-corrected chi connectivity index (χ2v) is 7.41. The molecule has 1 aromatic carbocycles. The van der Waals surface area contributed by atoms with Crippen molar-refractivity contribution in [3.05, 3.63) is 28.8 Å². The normalized spacial score (nSPS) is 21.3. The van der Waals surface area contributed by atoms with Crippen molar-refractivity contribution in [3.8, 4) is 0 Å². The van der Waals surface area contributed by atoms with Gasteiger partial charge in [0.2, 0.25) is 0 Å². The van der Waals surface area contributed by atoms with E-state index in [4.69, 9.17) is 28.6 Å². The Morgan fingerprint density at radius 3 is 2.96 bits per heavy atom. The summed E-state index contributed by atoms with van der Waals surface area (Å²) in [6.45, 7) is 11.4. The van der Waals surface area contributed by atoms with Crippen LogP contribution in [-0.4, -0.2) is 44.0 Å². The SMILES string of the molecule is Cc1ccc(NC(=S)NC[C@@H]2C[NH+](CC(C)C)CCO2)cc1Cl. The lowest BCUT2D eigenvalue weighted by Gasteiger charge is -2.31. The Labute approximate surface area is 149 Å². The summed E-state index contributed by atoms with van der Waals surface area (Å²) in [5, 5.41) is 7.75. The molecule has 3 N–H and O–H groups in total. The van der Waals surface area contributed by atoms with Gasteiger partial charge in [-0.3, -0.25) is 0 Å². The molecule has 0 amide bonds. The third-order valence-corrected chi connectivity index (χ3v) is 4.60. The third kappa shape index (κ3) is 6.26. The van der Waals surface area contributed by atoms with E-state index in [1.54, 1.807) is 4.90 Å². The minimum atomic E-state index is 0.207. The highest BCUT2D eigenvalue weighted by atomic mass is 35.5. The van der Waals surface area contributed by atoms with Crippen LogP contribution in [0.2, 0.25) is 5.02 Å². The maximum absolute atomic E-state index is 6.13. The molecule has 0 spiro atoms. The summed E-state index contributed by atoms with van der Waals surface area (Å²) >= 11 is 11.5.